The Hall–Kier alpha value is -3.12. The summed E-state index contributed by atoms with van der Waals surface area (Å²) in [5, 5.41) is 0. The van der Waals surface area contributed by atoms with Gasteiger partial charge in [0, 0.05) is 0 Å². The van der Waals surface area contributed by atoms with Crippen LogP contribution in [0.5, 0.6) is 0 Å². The highest BCUT2D eigenvalue weighted by molar-refractivity contribution is 5.87. The van der Waals surface area contributed by atoms with Gasteiger partial charge in [0.15, 0.2) is 0 Å². The molecule has 39 heavy (non-hydrogen) atoms. The van der Waals surface area contributed by atoms with Crippen LogP contribution in [0.2, 0.25) is 0 Å². The number of rotatable bonds is 4. The van der Waals surface area contributed by atoms with Crippen molar-refractivity contribution < 1.29 is 0 Å². The van der Waals surface area contributed by atoms with Crippen molar-refractivity contribution in [2.75, 3.05) is 0 Å². The van der Waals surface area contributed by atoms with Crippen molar-refractivity contribution in [3.05, 3.63) is 106 Å². The molecule has 202 valence electrons. The molecule has 5 rings (SSSR count). The predicted octanol–water partition coefficient (Wildman–Crippen LogP) is 11.4. The Morgan fingerprint density at radius 2 is 0.821 bits per heavy atom. The second kappa shape index (κ2) is 9.81. The van der Waals surface area contributed by atoms with Crippen LogP contribution in [0.4, 0.5) is 0 Å². The lowest BCUT2D eigenvalue weighted by molar-refractivity contribution is 0.591. The molecule has 0 nitrogen and oxygen atoms in total. The molecule has 0 unspecified atom stereocenters. The van der Waals surface area contributed by atoms with Crippen molar-refractivity contribution in [2.45, 2.75) is 98.3 Å². The van der Waals surface area contributed by atoms with Crippen molar-refractivity contribution >= 4 is 0 Å². The van der Waals surface area contributed by atoms with Crippen molar-refractivity contribution in [1.29, 1.82) is 0 Å². The summed E-state index contributed by atoms with van der Waals surface area (Å²) in [6.07, 6.45) is 0.993. The van der Waals surface area contributed by atoms with Gasteiger partial charge in [0.2, 0.25) is 0 Å². The van der Waals surface area contributed by atoms with Crippen LogP contribution in [0.3, 0.4) is 0 Å². The highest BCUT2D eigenvalue weighted by atomic mass is 14.3. The molecule has 4 aromatic carbocycles. The zero-order valence-corrected chi connectivity index (χ0v) is 25.8. The fourth-order valence-corrected chi connectivity index (χ4v) is 6.47. The standard InChI is InChI=1S/C39H46/c1-24(2)28-15-11-13-17-30(28)34-20-26-19-27-21-35(31-18-14-12-16-29(31)25(3)4)37(39(8,9)10)23-33(27)32(26)22-36(34)38(5,6)7/h11-18,20-25H,19H2,1-10H3. The molecule has 0 spiro atoms. The van der Waals surface area contributed by atoms with Crippen LogP contribution in [0.15, 0.2) is 72.8 Å². The van der Waals surface area contributed by atoms with E-state index in [0.29, 0.717) is 11.8 Å². The van der Waals surface area contributed by atoms with Gasteiger partial charge in [-0.1, -0.05) is 118 Å². The average molecular weight is 515 g/mol. The average Bonchev–Trinajstić information content (AvgIpc) is 3.22. The molecule has 0 saturated carbocycles. The van der Waals surface area contributed by atoms with Gasteiger partial charge < -0.3 is 0 Å². The maximum Gasteiger partial charge on any atom is -0.00130 e. The Bertz CT molecular complexity index is 1410. The Morgan fingerprint density at radius 1 is 0.462 bits per heavy atom. The minimum Gasteiger partial charge on any atom is -0.0619 e. The molecular weight excluding hydrogens is 468 g/mol. The van der Waals surface area contributed by atoms with Crippen molar-refractivity contribution in [3.8, 4) is 33.4 Å². The summed E-state index contributed by atoms with van der Waals surface area (Å²) in [6.45, 7) is 23.4. The van der Waals surface area contributed by atoms with Gasteiger partial charge in [0.1, 0.15) is 0 Å². The first kappa shape index (κ1) is 27.4. The third kappa shape index (κ3) is 5.00. The lowest BCUT2D eigenvalue weighted by Crippen LogP contribution is -2.14. The topological polar surface area (TPSA) is 0 Å². The molecule has 0 radical (unpaired) electrons. The Morgan fingerprint density at radius 3 is 1.15 bits per heavy atom. The third-order valence-electron chi connectivity index (χ3n) is 8.52. The largest absolute Gasteiger partial charge is 0.0619 e. The van der Waals surface area contributed by atoms with Gasteiger partial charge in [-0.25, -0.2) is 0 Å². The van der Waals surface area contributed by atoms with Gasteiger partial charge in [-0.2, -0.15) is 0 Å². The minimum atomic E-state index is 0.0419. The Labute approximate surface area is 237 Å². The molecule has 0 fully saturated rings. The Balaban J connectivity index is 1.76. The smallest absolute Gasteiger partial charge is 0.00130 e. The van der Waals surface area contributed by atoms with Crippen LogP contribution in [-0.2, 0) is 17.3 Å². The van der Waals surface area contributed by atoms with Gasteiger partial charge in [-0.3, -0.25) is 0 Å². The molecule has 4 aromatic rings. The molecule has 0 heterocycles. The van der Waals surface area contributed by atoms with E-state index in [4.69, 9.17) is 0 Å². The lowest BCUT2D eigenvalue weighted by atomic mass is 9.77. The molecular formula is C39H46. The first-order valence-electron chi connectivity index (χ1n) is 14.8. The van der Waals surface area contributed by atoms with Gasteiger partial charge >= 0.3 is 0 Å². The number of hydrogen-bond donors (Lipinski definition) is 0. The van der Waals surface area contributed by atoms with Crippen LogP contribution in [0, 0.1) is 0 Å². The molecule has 1 aliphatic carbocycles. The predicted molar refractivity (Wildman–Crippen MR) is 171 cm³/mol. The van der Waals surface area contributed by atoms with Crippen molar-refractivity contribution in [3.63, 3.8) is 0 Å². The fraction of sp³-hybridized carbons (Fsp3) is 0.385. The number of fused-ring (bicyclic) bond motifs is 3. The molecule has 0 amide bonds. The van der Waals surface area contributed by atoms with E-state index in [0.717, 1.165) is 6.42 Å². The van der Waals surface area contributed by atoms with E-state index in [1.165, 1.54) is 66.8 Å². The van der Waals surface area contributed by atoms with E-state index in [1.807, 2.05) is 0 Å². The van der Waals surface area contributed by atoms with Gasteiger partial charge in [0.25, 0.3) is 0 Å². The fourth-order valence-electron chi connectivity index (χ4n) is 6.47. The van der Waals surface area contributed by atoms with Crippen LogP contribution in [-0.4, -0.2) is 0 Å². The SMILES string of the molecule is CC(C)c1ccccc1-c1cc2c(cc1C(C)(C)C)-c1cc(C(C)(C)C)c(-c3ccccc3C(C)C)cc1C2. The van der Waals surface area contributed by atoms with E-state index < -0.39 is 0 Å². The monoisotopic (exact) mass is 514 g/mol. The maximum absolute atomic E-state index is 2.53. The quantitative estimate of drug-likeness (QED) is 0.224. The molecule has 1 aliphatic rings. The highest BCUT2D eigenvalue weighted by Gasteiger charge is 2.30. The molecule has 0 saturated heterocycles. The van der Waals surface area contributed by atoms with Gasteiger partial charge in [-0.15, -0.1) is 0 Å². The van der Waals surface area contributed by atoms with Crippen LogP contribution in [0.25, 0.3) is 33.4 Å². The number of benzene rings is 4. The van der Waals surface area contributed by atoms with Crippen molar-refractivity contribution in [1.82, 2.24) is 0 Å². The Kier molecular flexibility index (Phi) is 6.91. The summed E-state index contributed by atoms with van der Waals surface area (Å²) < 4.78 is 0. The molecule has 0 aliphatic heterocycles. The molecule has 0 N–H and O–H groups in total. The summed E-state index contributed by atoms with van der Waals surface area (Å²) in [5.41, 5.74) is 17.2. The normalized spacial score (nSPS) is 13.2. The van der Waals surface area contributed by atoms with Crippen LogP contribution in [0.1, 0.15) is 114 Å². The second-order valence-electron chi connectivity index (χ2n) is 14.3. The van der Waals surface area contributed by atoms with Gasteiger partial charge in [0.05, 0.1) is 0 Å². The minimum absolute atomic E-state index is 0.0419. The first-order chi connectivity index (χ1) is 18.3. The second-order valence-corrected chi connectivity index (χ2v) is 14.3. The van der Waals surface area contributed by atoms with E-state index in [9.17, 15) is 0 Å². The third-order valence-corrected chi connectivity index (χ3v) is 8.52. The zero-order valence-electron chi connectivity index (χ0n) is 25.8. The molecule has 0 atom stereocenters. The summed E-state index contributed by atoms with van der Waals surface area (Å²) in [4.78, 5) is 0. The molecule has 0 aromatic heterocycles. The summed E-state index contributed by atoms with van der Waals surface area (Å²) >= 11 is 0. The first-order valence-corrected chi connectivity index (χ1v) is 14.8. The van der Waals surface area contributed by atoms with E-state index >= 15 is 0 Å². The van der Waals surface area contributed by atoms with Crippen LogP contribution < -0.4 is 0 Å². The summed E-state index contributed by atoms with van der Waals surface area (Å²) in [6, 6.07) is 28.1. The summed E-state index contributed by atoms with van der Waals surface area (Å²) in [5.74, 6) is 0.967. The van der Waals surface area contributed by atoms with E-state index in [-0.39, 0.29) is 10.8 Å². The maximum atomic E-state index is 2.53. The highest BCUT2D eigenvalue weighted by Crippen LogP contribution is 2.48. The zero-order chi connectivity index (χ0) is 28.3. The van der Waals surface area contributed by atoms with E-state index in [1.54, 1.807) is 0 Å². The lowest BCUT2D eigenvalue weighted by Gasteiger charge is -2.27. The van der Waals surface area contributed by atoms with Crippen molar-refractivity contribution in [2.24, 2.45) is 0 Å². The number of hydrogen-bond acceptors (Lipinski definition) is 0. The molecule has 0 heteroatoms. The van der Waals surface area contributed by atoms with Gasteiger partial charge in [-0.05, 0) is 120 Å². The molecule has 0 bridgehead atoms. The van der Waals surface area contributed by atoms with E-state index in [2.05, 4.69) is 142 Å². The summed E-state index contributed by atoms with van der Waals surface area (Å²) in [7, 11) is 0. The van der Waals surface area contributed by atoms with Crippen LogP contribution >= 0.6 is 0 Å².